The molecule has 0 bridgehead atoms. The molecule has 0 aliphatic carbocycles. The number of para-hydroxylation sites is 1. The number of nitrogens with one attached hydrogen (secondary N) is 1. The van der Waals surface area contributed by atoms with Crippen LogP contribution < -0.4 is 5.56 Å². The number of aromatic amines is 1. The molecule has 3 aromatic rings. The van der Waals surface area contributed by atoms with Crippen LogP contribution in [-0.4, -0.2) is 15.9 Å². The standard InChI is InChI=1S/C15H12N2O3S/c1-9(20-15(19)10-6-7-21-8-10)13-16-12-5-3-2-4-11(12)14(18)17-13/h2-9H,1H3,(H,16,17,18)/t9-/m1/s1. The molecular formula is C15H12N2O3S. The number of carbonyl (C=O) groups excluding carboxylic acids is 1. The molecular weight excluding hydrogens is 288 g/mol. The highest BCUT2D eigenvalue weighted by atomic mass is 32.1. The molecule has 0 aliphatic rings. The van der Waals surface area contributed by atoms with Crippen molar-refractivity contribution in [2.45, 2.75) is 13.0 Å². The summed E-state index contributed by atoms with van der Waals surface area (Å²) in [5.41, 5.74) is 0.832. The number of H-pyrrole nitrogens is 1. The quantitative estimate of drug-likeness (QED) is 0.755. The molecule has 0 fully saturated rings. The first-order valence-electron chi connectivity index (χ1n) is 6.37. The van der Waals surface area contributed by atoms with Crippen LogP contribution in [0.15, 0.2) is 45.9 Å². The summed E-state index contributed by atoms with van der Waals surface area (Å²) in [6.07, 6.45) is -0.630. The molecule has 2 aromatic heterocycles. The highest BCUT2D eigenvalue weighted by Crippen LogP contribution is 2.17. The third kappa shape index (κ3) is 2.71. The highest BCUT2D eigenvalue weighted by molar-refractivity contribution is 7.08. The van der Waals surface area contributed by atoms with Gasteiger partial charge in [-0.15, -0.1) is 0 Å². The number of aromatic nitrogens is 2. The lowest BCUT2D eigenvalue weighted by atomic mass is 10.2. The van der Waals surface area contributed by atoms with Gasteiger partial charge in [0.2, 0.25) is 0 Å². The molecule has 0 aliphatic heterocycles. The Balaban J connectivity index is 1.89. The van der Waals surface area contributed by atoms with Gasteiger partial charge in [0.15, 0.2) is 11.9 Å². The Morgan fingerprint density at radius 1 is 1.33 bits per heavy atom. The Labute approximate surface area is 124 Å². The number of carbonyl (C=O) groups is 1. The van der Waals surface area contributed by atoms with E-state index in [1.807, 2.05) is 0 Å². The van der Waals surface area contributed by atoms with Gasteiger partial charge >= 0.3 is 5.97 Å². The monoisotopic (exact) mass is 300 g/mol. The number of nitrogens with zero attached hydrogens (tertiary/aromatic N) is 1. The van der Waals surface area contributed by atoms with Crippen LogP contribution in [0.5, 0.6) is 0 Å². The predicted molar refractivity (Wildman–Crippen MR) is 80.5 cm³/mol. The number of ether oxygens (including phenoxy) is 1. The second-order valence-corrected chi connectivity index (χ2v) is 5.31. The molecule has 0 spiro atoms. The van der Waals surface area contributed by atoms with Crippen LogP contribution in [0, 0.1) is 0 Å². The zero-order valence-electron chi connectivity index (χ0n) is 11.2. The average molecular weight is 300 g/mol. The molecule has 1 N–H and O–H groups in total. The lowest BCUT2D eigenvalue weighted by Gasteiger charge is -2.12. The van der Waals surface area contributed by atoms with Gasteiger partial charge in [-0.1, -0.05) is 12.1 Å². The van der Waals surface area contributed by atoms with Crippen LogP contribution in [0.4, 0.5) is 0 Å². The van der Waals surface area contributed by atoms with Gasteiger partial charge in [0.25, 0.3) is 5.56 Å². The van der Waals surface area contributed by atoms with Gasteiger partial charge in [-0.3, -0.25) is 4.79 Å². The van der Waals surface area contributed by atoms with Gasteiger partial charge in [0.05, 0.1) is 16.5 Å². The summed E-state index contributed by atoms with van der Waals surface area (Å²) < 4.78 is 5.32. The summed E-state index contributed by atoms with van der Waals surface area (Å²) in [6, 6.07) is 8.73. The fourth-order valence-electron chi connectivity index (χ4n) is 1.96. The van der Waals surface area contributed by atoms with Gasteiger partial charge < -0.3 is 9.72 Å². The SMILES string of the molecule is C[C@@H](OC(=O)c1ccsc1)c1nc2ccccc2c(=O)[nH]1. The first-order valence-corrected chi connectivity index (χ1v) is 7.31. The van der Waals surface area contributed by atoms with E-state index in [-0.39, 0.29) is 5.56 Å². The van der Waals surface area contributed by atoms with Crippen LogP contribution in [0.3, 0.4) is 0 Å². The van der Waals surface area contributed by atoms with Crippen molar-refractivity contribution >= 4 is 28.2 Å². The van der Waals surface area contributed by atoms with Crippen LogP contribution in [0.2, 0.25) is 0 Å². The molecule has 0 unspecified atom stereocenters. The second kappa shape index (κ2) is 5.49. The van der Waals surface area contributed by atoms with E-state index in [1.165, 1.54) is 11.3 Å². The predicted octanol–water partition coefficient (Wildman–Crippen LogP) is 2.90. The van der Waals surface area contributed by atoms with E-state index >= 15 is 0 Å². The maximum absolute atomic E-state index is 12.0. The van der Waals surface area contributed by atoms with Gasteiger partial charge in [-0.2, -0.15) is 11.3 Å². The summed E-state index contributed by atoms with van der Waals surface area (Å²) in [4.78, 5) is 30.9. The van der Waals surface area contributed by atoms with E-state index in [9.17, 15) is 9.59 Å². The van der Waals surface area contributed by atoms with Gasteiger partial charge in [-0.25, -0.2) is 9.78 Å². The third-order valence-corrected chi connectivity index (χ3v) is 3.74. The molecule has 0 radical (unpaired) electrons. The topological polar surface area (TPSA) is 72.0 Å². The lowest BCUT2D eigenvalue weighted by molar-refractivity contribution is 0.0320. The smallest absolute Gasteiger partial charge is 0.339 e. The van der Waals surface area contributed by atoms with Crippen molar-refractivity contribution in [2.24, 2.45) is 0 Å². The number of rotatable bonds is 3. The Kier molecular flexibility index (Phi) is 3.53. The summed E-state index contributed by atoms with van der Waals surface area (Å²) in [5, 5.41) is 4.03. The van der Waals surface area contributed by atoms with Crippen molar-refractivity contribution < 1.29 is 9.53 Å². The van der Waals surface area contributed by atoms with E-state index in [2.05, 4.69) is 9.97 Å². The molecule has 21 heavy (non-hydrogen) atoms. The van der Waals surface area contributed by atoms with Gasteiger partial charge in [0.1, 0.15) is 0 Å². The normalized spacial score (nSPS) is 12.2. The summed E-state index contributed by atoms with van der Waals surface area (Å²) in [7, 11) is 0. The third-order valence-electron chi connectivity index (χ3n) is 3.06. The lowest BCUT2D eigenvalue weighted by Crippen LogP contribution is -2.17. The van der Waals surface area contributed by atoms with Crippen LogP contribution in [0.25, 0.3) is 10.9 Å². The molecule has 5 nitrogen and oxygen atoms in total. The zero-order valence-corrected chi connectivity index (χ0v) is 12.0. The zero-order chi connectivity index (χ0) is 14.8. The first kappa shape index (κ1) is 13.5. The minimum atomic E-state index is -0.630. The summed E-state index contributed by atoms with van der Waals surface area (Å²) in [5.74, 6) is -0.0955. The Bertz CT molecular complexity index is 840. The Hall–Kier alpha value is -2.47. The maximum atomic E-state index is 12.0. The van der Waals surface area contributed by atoms with Gasteiger partial charge in [0, 0.05) is 5.38 Å². The molecule has 0 saturated heterocycles. The van der Waals surface area contributed by atoms with E-state index in [0.29, 0.717) is 22.3 Å². The van der Waals surface area contributed by atoms with E-state index in [1.54, 1.807) is 48.0 Å². The molecule has 2 heterocycles. The largest absolute Gasteiger partial charge is 0.451 e. The highest BCUT2D eigenvalue weighted by Gasteiger charge is 2.16. The first-order chi connectivity index (χ1) is 10.1. The Morgan fingerprint density at radius 2 is 2.14 bits per heavy atom. The molecule has 3 rings (SSSR count). The van der Waals surface area contributed by atoms with Crippen molar-refractivity contribution in [3.05, 3.63) is 62.8 Å². The molecule has 1 aromatic carbocycles. The second-order valence-electron chi connectivity index (χ2n) is 4.53. The molecule has 6 heteroatoms. The maximum Gasteiger partial charge on any atom is 0.339 e. The number of thiophene rings is 1. The van der Waals surface area contributed by atoms with Crippen molar-refractivity contribution in [1.82, 2.24) is 9.97 Å². The van der Waals surface area contributed by atoms with E-state index < -0.39 is 12.1 Å². The van der Waals surface area contributed by atoms with Crippen molar-refractivity contribution in [3.63, 3.8) is 0 Å². The Morgan fingerprint density at radius 3 is 2.90 bits per heavy atom. The molecule has 0 amide bonds. The summed E-state index contributed by atoms with van der Waals surface area (Å²) >= 11 is 1.42. The van der Waals surface area contributed by atoms with Crippen LogP contribution in [0.1, 0.15) is 29.2 Å². The van der Waals surface area contributed by atoms with E-state index in [4.69, 9.17) is 4.74 Å². The fourth-order valence-corrected chi connectivity index (χ4v) is 2.59. The molecule has 1 atom stereocenters. The van der Waals surface area contributed by atoms with Crippen LogP contribution >= 0.6 is 11.3 Å². The fraction of sp³-hybridized carbons (Fsp3) is 0.133. The number of fused-ring (bicyclic) bond motifs is 1. The minimum Gasteiger partial charge on any atom is -0.451 e. The number of esters is 1. The van der Waals surface area contributed by atoms with Crippen molar-refractivity contribution in [2.75, 3.05) is 0 Å². The average Bonchev–Trinajstić information content (AvgIpc) is 3.01. The number of hydrogen-bond acceptors (Lipinski definition) is 5. The van der Waals surface area contributed by atoms with Gasteiger partial charge in [-0.05, 0) is 30.5 Å². The van der Waals surface area contributed by atoms with Crippen LogP contribution in [-0.2, 0) is 4.74 Å². The number of benzene rings is 1. The molecule has 106 valence electrons. The molecule has 0 saturated carbocycles. The summed E-state index contributed by atoms with van der Waals surface area (Å²) in [6.45, 7) is 1.68. The van der Waals surface area contributed by atoms with Crippen molar-refractivity contribution in [3.8, 4) is 0 Å². The minimum absolute atomic E-state index is 0.242. The van der Waals surface area contributed by atoms with E-state index in [0.717, 1.165) is 0 Å². The van der Waals surface area contributed by atoms with Crippen molar-refractivity contribution in [1.29, 1.82) is 0 Å². The number of hydrogen-bond donors (Lipinski definition) is 1.